The average molecular weight is 571 g/mol. The van der Waals surface area contributed by atoms with Crippen LogP contribution >= 0.6 is 11.6 Å². The van der Waals surface area contributed by atoms with E-state index in [0.717, 1.165) is 66.3 Å². The van der Waals surface area contributed by atoms with Gasteiger partial charge in [-0.25, -0.2) is 9.50 Å². The van der Waals surface area contributed by atoms with Crippen molar-refractivity contribution >= 4 is 28.8 Å². The van der Waals surface area contributed by atoms with E-state index in [1.807, 2.05) is 70.2 Å². The fourth-order valence-corrected chi connectivity index (χ4v) is 6.94. The number of aliphatic hydroxyl groups is 1. The Morgan fingerprint density at radius 2 is 1.76 bits per heavy atom. The van der Waals surface area contributed by atoms with E-state index >= 15 is 0 Å². The molecule has 5 heterocycles. The number of nitrogens with one attached hydrogen (secondary N) is 1. The molecule has 3 fully saturated rings. The molecule has 0 radical (unpaired) electrons. The van der Waals surface area contributed by atoms with Crippen LogP contribution in [-0.4, -0.2) is 68.8 Å². The molecule has 3 aliphatic heterocycles. The monoisotopic (exact) mass is 570 g/mol. The third-order valence-electron chi connectivity index (χ3n) is 9.23. The average Bonchev–Trinajstić information content (AvgIpc) is 3.74. The zero-order chi connectivity index (χ0) is 28.0. The predicted molar refractivity (Wildman–Crippen MR) is 160 cm³/mol. The van der Waals surface area contributed by atoms with Gasteiger partial charge in [0, 0.05) is 54.9 Å². The number of carbonyl (C=O) groups excluding carboxylic acids is 1. The second kappa shape index (κ2) is 10.4. The predicted octanol–water partition coefficient (Wildman–Crippen LogP) is 4.43. The number of hydrogen-bond donors (Lipinski definition) is 2. The second-order valence-corrected chi connectivity index (χ2v) is 12.3. The maximum absolute atomic E-state index is 13.1. The van der Waals surface area contributed by atoms with E-state index in [1.165, 1.54) is 6.42 Å². The smallest absolute Gasteiger partial charge is 0.253 e. The van der Waals surface area contributed by atoms with Gasteiger partial charge in [0.1, 0.15) is 0 Å². The Kier molecular flexibility index (Phi) is 6.72. The van der Waals surface area contributed by atoms with Crippen LogP contribution in [-0.2, 0) is 12.0 Å². The topological polar surface area (TPSA) is 86.0 Å². The Balaban J connectivity index is 1.02. The highest BCUT2D eigenvalue weighted by Crippen LogP contribution is 2.36. The fraction of sp³-hybridized carbons (Fsp3) is 0.406. The van der Waals surface area contributed by atoms with E-state index in [9.17, 15) is 9.90 Å². The van der Waals surface area contributed by atoms with Crippen LogP contribution in [0, 0.1) is 0 Å². The lowest BCUT2D eigenvalue weighted by atomic mass is 9.84. The summed E-state index contributed by atoms with van der Waals surface area (Å²) >= 11 is 6.05. The number of pyridine rings is 1. The quantitative estimate of drug-likeness (QED) is 0.369. The minimum atomic E-state index is -0.859. The number of benzene rings is 2. The van der Waals surface area contributed by atoms with Crippen molar-refractivity contribution in [2.45, 2.75) is 49.7 Å². The second-order valence-electron chi connectivity index (χ2n) is 11.9. The summed E-state index contributed by atoms with van der Waals surface area (Å²) in [5.41, 5.74) is 3.82. The molecule has 0 saturated carbocycles. The number of likely N-dealkylation sites (tertiary alicyclic amines) is 1. The Labute approximate surface area is 244 Å². The van der Waals surface area contributed by atoms with Gasteiger partial charge in [0.2, 0.25) is 0 Å². The molecule has 9 heteroatoms. The minimum Gasteiger partial charge on any atom is -0.385 e. The normalized spacial score (nSPS) is 22.2. The Bertz CT molecular complexity index is 1550. The number of carbonyl (C=O) groups is 1. The van der Waals surface area contributed by atoms with Crippen LogP contribution in [0.1, 0.15) is 59.4 Å². The molecular weight excluding hydrogens is 536 g/mol. The standard InChI is InChI=1S/C32H35ClN6O2/c33-26-10-8-25(9-11-26)32(41)14-19-37(20-15-32)27-3-1-17-39-29(27)35-28(36-39)21-23-4-6-24(7-5-23)30(40)38-18-13-31(22-38)12-2-16-34-31/h1,3-11,17,34,41H,2,12-16,18-22H2. The molecule has 2 N–H and O–H groups in total. The van der Waals surface area contributed by atoms with Crippen LogP contribution in [0.3, 0.4) is 0 Å². The van der Waals surface area contributed by atoms with Gasteiger partial charge < -0.3 is 20.2 Å². The van der Waals surface area contributed by atoms with Crippen LogP contribution in [0.4, 0.5) is 5.69 Å². The zero-order valence-corrected chi connectivity index (χ0v) is 23.9. The van der Waals surface area contributed by atoms with Crippen molar-refractivity contribution in [2.75, 3.05) is 37.6 Å². The molecule has 212 valence electrons. The van der Waals surface area contributed by atoms with E-state index in [1.54, 1.807) is 0 Å². The number of aromatic nitrogens is 3. The first-order chi connectivity index (χ1) is 19.9. The summed E-state index contributed by atoms with van der Waals surface area (Å²) in [7, 11) is 0. The number of nitrogens with zero attached hydrogens (tertiary/aromatic N) is 5. The lowest BCUT2D eigenvalue weighted by molar-refractivity contribution is 0.0118. The summed E-state index contributed by atoms with van der Waals surface area (Å²) < 4.78 is 1.84. The van der Waals surface area contributed by atoms with E-state index < -0.39 is 5.60 Å². The van der Waals surface area contributed by atoms with E-state index in [-0.39, 0.29) is 11.4 Å². The summed E-state index contributed by atoms with van der Waals surface area (Å²) in [6, 6.07) is 19.5. The highest BCUT2D eigenvalue weighted by atomic mass is 35.5. The molecule has 3 saturated heterocycles. The van der Waals surface area contributed by atoms with Gasteiger partial charge in [-0.2, -0.15) is 5.10 Å². The molecule has 0 bridgehead atoms. The van der Waals surface area contributed by atoms with E-state index in [0.29, 0.717) is 37.4 Å². The summed E-state index contributed by atoms with van der Waals surface area (Å²) in [6.07, 6.45) is 7.15. The largest absolute Gasteiger partial charge is 0.385 e. The van der Waals surface area contributed by atoms with Gasteiger partial charge >= 0.3 is 0 Å². The van der Waals surface area contributed by atoms with Crippen LogP contribution in [0.15, 0.2) is 66.9 Å². The zero-order valence-electron chi connectivity index (χ0n) is 23.1. The summed E-state index contributed by atoms with van der Waals surface area (Å²) in [6.45, 7) is 4.10. The maximum atomic E-state index is 13.1. The van der Waals surface area contributed by atoms with Gasteiger partial charge in [-0.15, -0.1) is 0 Å². The fourth-order valence-electron chi connectivity index (χ4n) is 6.82. The Morgan fingerprint density at radius 1 is 0.976 bits per heavy atom. The van der Waals surface area contributed by atoms with Gasteiger partial charge in [0.05, 0.1) is 11.3 Å². The lowest BCUT2D eigenvalue weighted by Crippen LogP contribution is -2.43. The molecule has 7 rings (SSSR count). The Morgan fingerprint density at radius 3 is 2.49 bits per heavy atom. The van der Waals surface area contributed by atoms with Crippen molar-refractivity contribution in [3.05, 3.63) is 94.4 Å². The molecular formula is C32H35ClN6O2. The number of anilines is 1. The molecule has 3 aliphatic rings. The van der Waals surface area contributed by atoms with Crippen molar-refractivity contribution in [1.82, 2.24) is 24.8 Å². The minimum absolute atomic E-state index is 0.113. The number of amides is 1. The van der Waals surface area contributed by atoms with E-state index in [4.69, 9.17) is 21.7 Å². The van der Waals surface area contributed by atoms with Crippen LogP contribution in [0.5, 0.6) is 0 Å². The molecule has 1 unspecified atom stereocenters. The molecule has 0 aliphatic carbocycles. The Hall–Kier alpha value is -3.46. The summed E-state index contributed by atoms with van der Waals surface area (Å²) in [5, 5.41) is 20.4. The van der Waals surface area contributed by atoms with Crippen LogP contribution < -0.4 is 10.2 Å². The molecule has 2 aromatic heterocycles. The van der Waals surface area contributed by atoms with Gasteiger partial charge in [0.15, 0.2) is 11.5 Å². The molecule has 1 atom stereocenters. The highest BCUT2D eigenvalue weighted by molar-refractivity contribution is 6.30. The highest BCUT2D eigenvalue weighted by Gasteiger charge is 2.41. The van der Waals surface area contributed by atoms with Crippen molar-refractivity contribution < 1.29 is 9.90 Å². The third kappa shape index (κ3) is 5.09. The molecule has 8 nitrogen and oxygen atoms in total. The number of fused-ring (bicyclic) bond motifs is 1. The van der Waals surface area contributed by atoms with E-state index in [2.05, 4.69) is 16.3 Å². The van der Waals surface area contributed by atoms with Crippen molar-refractivity contribution in [3.8, 4) is 0 Å². The summed E-state index contributed by atoms with van der Waals surface area (Å²) in [5.74, 6) is 0.849. The SMILES string of the molecule is O=C(c1ccc(Cc2nc3c(N4CCC(O)(c5ccc(Cl)cc5)CC4)cccn3n2)cc1)N1CCC2(CCCN2)C1. The van der Waals surface area contributed by atoms with Gasteiger partial charge in [0.25, 0.3) is 5.91 Å². The third-order valence-corrected chi connectivity index (χ3v) is 9.49. The number of halogens is 1. The number of hydrogen-bond acceptors (Lipinski definition) is 6. The molecule has 2 aromatic carbocycles. The molecule has 41 heavy (non-hydrogen) atoms. The van der Waals surface area contributed by atoms with Crippen molar-refractivity contribution in [1.29, 1.82) is 0 Å². The van der Waals surface area contributed by atoms with Gasteiger partial charge in [-0.3, -0.25) is 4.79 Å². The maximum Gasteiger partial charge on any atom is 0.253 e. The number of rotatable bonds is 5. The van der Waals surface area contributed by atoms with Crippen LogP contribution in [0.2, 0.25) is 5.02 Å². The van der Waals surface area contributed by atoms with Crippen LogP contribution in [0.25, 0.3) is 5.65 Å². The molecule has 1 spiro atoms. The first-order valence-electron chi connectivity index (χ1n) is 14.6. The van der Waals surface area contributed by atoms with Crippen molar-refractivity contribution in [2.24, 2.45) is 0 Å². The van der Waals surface area contributed by atoms with Crippen molar-refractivity contribution in [3.63, 3.8) is 0 Å². The first-order valence-corrected chi connectivity index (χ1v) is 15.0. The first kappa shape index (κ1) is 26.4. The number of piperidine rings is 1. The molecule has 1 amide bonds. The lowest BCUT2D eigenvalue weighted by Gasteiger charge is -2.39. The molecule has 4 aromatic rings. The van der Waals surface area contributed by atoms with Gasteiger partial charge in [-0.1, -0.05) is 35.9 Å². The van der Waals surface area contributed by atoms with Gasteiger partial charge in [-0.05, 0) is 86.2 Å². The summed E-state index contributed by atoms with van der Waals surface area (Å²) in [4.78, 5) is 22.3.